The highest BCUT2D eigenvalue weighted by molar-refractivity contribution is 5.94. The number of nitrogens with zero attached hydrogens (tertiary/aromatic N) is 1. The van der Waals surface area contributed by atoms with Crippen molar-refractivity contribution >= 4 is 17.8 Å². The Hall–Kier alpha value is -2.57. The van der Waals surface area contributed by atoms with Gasteiger partial charge in [-0.3, -0.25) is 14.4 Å². The van der Waals surface area contributed by atoms with E-state index in [1.807, 2.05) is 0 Å². The highest BCUT2D eigenvalue weighted by Gasteiger charge is 2.24. The normalized spacial score (nSPS) is 15.2. The van der Waals surface area contributed by atoms with E-state index in [4.69, 9.17) is 15.6 Å². The van der Waals surface area contributed by atoms with Crippen molar-refractivity contribution in [2.75, 3.05) is 19.7 Å². The summed E-state index contributed by atoms with van der Waals surface area (Å²) in [6, 6.07) is 6.52. The molecule has 2 rings (SSSR count). The van der Waals surface area contributed by atoms with Gasteiger partial charge in [0.15, 0.2) is 6.61 Å². The zero-order chi connectivity index (χ0) is 16.8. The van der Waals surface area contributed by atoms with Gasteiger partial charge in [-0.25, -0.2) is 0 Å². The van der Waals surface area contributed by atoms with E-state index >= 15 is 0 Å². The zero-order valence-electron chi connectivity index (χ0n) is 12.7. The molecule has 0 saturated carbocycles. The first-order chi connectivity index (χ1) is 11.0. The lowest BCUT2D eigenvalue weighted by molar-refractivity contribution is -0.138. The maximum atomic E-state index is 12.4. The molecule has 1 aromatic rings. The van der Waals surface area contributed by atoms with Crippen LogP contribution in [0.3, 0.4) is 0 Å². The van der Waals surface area contributed by atoms with Crippen LogP contribution in [0.1, 0.15) is 29.6 Å². The average Bonchev–Trinajstić information content (AvgIpc) is 2.53. The van der Waals surface area contributed by atoms with Crippen LogP contribution in [0.15, 0.2) is 24.3 Å². The Morgan fingerprint density at radius 1 is 1.17 bits per heavy atom. The molecule has 1 aromatic carbocycles. The Kier molecular flexibility index (Phi) is 5.56. The molecule has 0 atom stereocenters. The third kappa shape index (κ3) is 4.98. The lowest BCUT2D eigenvalue weighted by Crippen LogP contribution is -2.38. The van der Waals surface area contributed by atoms with Gasteiger partial charge in [-0.2, -0.15) is 0 Å². The predicted molar refractivity (Wildman–Crippen MR) is 82.0 cm³/mol. The van der Waals surface area contributed by atoms with E-state index in [1.165, 1.54) is 0 Å². The van der Waals surface area contributed by atoms with Crippen LogP contribution < -0.4 is 10.5 Å². The minimum absolute atomic E-state index is 0.0831. The Morgan fingerprint density at radius 2 is 1.78 bits per heavy atom. The van der Waals surface area contributed by atoms with Crippen molar-refractivity contribution in [3.63, 3.8) is 0 Å². The topological polar surface area (TPSA) is 110 Å². The first kappa shape index (κ1) is 16.8. The van der Waals surface area contributed by atoms with Gasteiger partial charge >= 0.3 is 5.97 Å². The lowest BCUT2D eigenvalue weighted by atomic mass is 9.93. The summed E-state index contributed by atoms with van der Waals surface area (Å²) in [5.74, 6) is -0.822. The molecule has 1 heterocycles. The van der Waals surface area contributed by atoms with Crippen LogP contribution >= 0.6 is 0 Å². The maximum Gasteiger partial charge on any atom is 0.303 e. The molecule has 1 aliphatic heterocycles. The fourth-order valence-corrected chi connectivity index (χ4v) is 2.62. The first-order valence-corrected chi connectivity index (χ1v) is 7.48. The number of hydrogen-bond donors (Lipinski definition) is 2. The van der Waals surface area contributed by atoms with Crippen LogP contribution in [-0.2, 0) is 9.59 Å². The number of nitrogens with two attached hydrogens (primary N) is 1. The van der Waals surface area contributed by atoms with Crippen LogP contribution in [0.4, 0.5) is 0 Å². The van der Waals surface area contributed by atoms with Gasteiger partial charge < -0.3 is 20.5 Å². The Balaban J connectivity index is 1.88. The van der Waals surface area contributed by atoms with E-state index in [9.17, 15) is 14.4 Å². The number of amides is 2. The Morgan fingerprint density at radius 3 is 2.30 bits per heavy atom. The second kappa shape index (κ2) is 7.62. The van der Waals surface area contributed by atoms with Gasteiger partial charge in [0.2, 0.25) is 0 Å². The van der Waals surface area contributed by atoms with Crippen LogP contribution in [0.25, 0.3) is 0 Å². The summed E-state index contributed by atoms with van der Waals surface area (Å²) in [4.78, 5) is 35.5. The number of carboxylic acids is 1. The molecule has 7 heteroatoms. The number of aliphatic carboxylic acids is 1. The molecule has 1 saturated heterocycles. The largest absolute Gasteiger partial charge is 0.484 e. The van der Waals surface area contributed by atoms with Gasteiger partial charge in [0.05, 0.1) is 0 Å². The molecule has 0 unspecified atom stereocenters. The van der Waals surface area contributed by atoms with Crippen LogP contribution in [0.5, 0.6) is 5.75 Å². The number of carboxylic acid groups (broad SMARTS) is 1. The average molecular weight is 320 g/mol. The number of likely N-dealkylation sites (tertiary alicyclic amines) is 1. The van der Waals surface area contributed by atoms with Crippen molar-refractivity contribution < 1.29 is 24.2 Å². The summed E-state index contributed by atoms with van der Waals surface area (Å²) in [5, 5.41) is 8.80. The van der Waals surface area contributed by atoms with Crippen LogP contribution in [0, 0.1) is 5.92 Å². The fraction of sp³-hybridized carbons (Fsp3) is 0.438. The minimum atomic E-state index is -0.790. The molecule has 3 N–H and O–H groups in total. The van der Waals surface area contributed by atoms with Gasteiger partial charge in [-0.1, -0.05) is 0 Å². The number of piperidine rings is 1. The van der Waals surface area contributed by atoms with E-state index in [2.05, 4.69) is 0 Å². The van der Waals surface area contributed by atoms with Gasteiger partial charge in [-0.15, -0.1) is 0 Å². The predicted octanol–water partition coefficient (Wildman–Crippen LogP) is 0.878. The SMILES string of the molecule is NC(=O)COc1ccc(C(=O)N2CCC(CC(=O)O)CC2)cc1. The van der Waals surface area contributed by atoms with Gasteiger partial charge in [0, 0.05) is 25.1 Å². The molecule has 0 bridgehead atoms. The molecule has 124 valence electrons. The van der Waals surface area contributed by atoms with E-state index in [0.717, 1.165) is 0 Å². The summed E-state index contributed by atoms with van der Waals surface area (Å²) < 4.78 is 5.14. The van der Waals surface area contributed by atoms with Crippen molar-refractivity contribution in [1.82, 2.24) is 4.90 Å². The second-order valence-electron chi connectivity index (χ2n) is 5.61. The summed E-state index contributed by atoms with van der Waals surface area (Å²) in [5.41, 5.74) is 5.53. The third-order valence-corrected chi connectivity index (χ3v) is 3.85. The number of carbonyl (C=O) groups is 3. The minimum Gasteiger partial charge on any atom is -0.484 e. The monoisotopic (exact) mass is 320 g/mol. The molecule has 0 spiro atoms. The van der Waals surface area contributed by atoms with Gasteiger partial charge in [0.1, 0.15) is 5.75 Å². The van der Waals surface area contributed by atoms with Crippen molar-refractivity contribution in [3.8, 4) is 5.75 Å². The summed E-state index contributed by atoms with van der Waals surface area (Å²) in [6.45, 7) is 0.928. The summed E-state index contributed by atoms with van der Waals surface area (Å²) in [6.07, 6.45) is 1.57. The molecular formula is C16H20N2O5. The van der Waals surface area contributed by atoms with E-state index < -0.39 is 11.9 Å². The standard InChI is InChI=1S/C16H20N2O5/c17-14(19)10-23-13-3-1-12(2-4-13)16(22)18-7-5-11(6-8-18)9-15(20)21/h1-4,11H,5-10H2,(H2,17,19)(H,20,21). The molecule has 1 fully saturated rings. The van der Waals surface area contributed by atoms with Crippen molar-refractivity contribution in [3.05, 3.63) is 29.8 Å². The number of rotatable bonds is 6. The first-order valence-electron chi connectivity index (χ1n) is 7.48. The zero-order valence-corrected chi connectivity index (χ0v) is 12.7. The second-order valence-corrected chi connectivity index (χ2v) is 5.61. The summed E-state index contributed by atoms with van der Waals surface area (Å²) >= 11 is 0. The Labute approximate surface area is 134 Å². The van der Waals surface area contributed by atoms with Crippen molar-refractivity contribution in [1.29, 1.82) is 0 Å². The number of benzene rings is 1. The molecule has 0 radical (unpaired) electrons. The number of primary amides is 1. The maximum absolute atomic E-state index is 12.4. The molecular weight excluding hydrogens is 300 g/mol. The molecule has 2 amide bonds. The quantitative estimate of drug-likeness (QED) is 0.808. The van der Waals surface area contributed by atoms with Gasteiger partial charge in [0.25, 0.3) is 11.8 Å². The Bertz CT molecular complexity index is 577. The fourth-order valence-electron chi connectivity index (χ4n) is 2.62. The van der Waals surface area contributed by atoms with E-state index in [-0.39, 0.29) is 24.9 Å². The van der Waals surface area contributed by atoms with E-state index in [1.54, 1.807) is 29.2 Å². The number of carbonyl (C=O) groups excluding carboxylic acids is 2. The van der Waals surface area contributed by atoms with E-state index in [0.29, 0.717) is 37.2 Å². The molecule has 23 heavy (non-hydrogen) atoms. The molecule has 1 aliphatic rings. The number of hydrogen-bond acceptors (Lipinski definition) is 4. The molecule has 7 nitrogen and oxygen atoms in total. The highest BCUT2D eigenvalue weighted by atomic mass is 16.5. The smallest absolute Gasteiger partial charge is 0.303 e. The van der Waals surface area contributed by atoms with Crippen molar-refractivity contribution in [2.24, 2.45) is 11.7 Å². The van der Waals surface area contributed by atoms with Crippen LogP contribution in [-0.4, -0.2) is 47.5 Å². The number of ether oxygens (including phenoxy) is 1. The summed E-state index contributed by atoms with van der Waals surface area (Å²) in [7, 11) is 0. The van der Waals surface area contributed by atoms with Crippen molar-refractivity contribution in [2.45, 2.75) is 19.3 Å². The molecule has 0 aliphatic carbocycles. The third-order valence-electron chi connectivity index (χ3n) is 3.85. The lowest BCUT2D eigenvalue weighted by Gasteiger charge is -2.31. The van der Waals surface area contributed by atoms with Crippen LogP contribution in [0.2, 0.25) is 0 Å². The van der Waals surface area contributed by atoms with Gasteiger partial charge in [-0.05, 0) is 43.0 Å². The highest BCUT2D eigenvalue weighted by Crippen LogP contribution is 2.22. The molecule has 0 aromatic heterocycles.